The van der Waals surface area contributed by atoms with Crippen LogP contribution in [0.5, 0.6) is 0 Å². The lowest BCUT2D eigenvalue weighted by Crippen LogP contribution is -2.28. The molecule has 0 aliphatic carbocycles. The van der Waals surface area contributed by atoms with Crippen molar-refractivity contribution in [1.29, 1.82) is 0 Å². The Morgan fingerprint density at radius 1 is 1.03 bits per heavy atom. The number of nitrogens with one attached hydrogen (secondary N) is 2. The highest BCUT2D eigenvalue weighted by Gasteiger charge is 2.22. The number of nitrogens with zero attached hydrogens (tertiary/aromatic N) is 5. The number of hydrogen-bond donors (Lipinski definition) is 2. The van der Waals surface area contributed by atoms with Crippen molar-refractivity contribution in [3.63, 3.8) is 0 Å². The topological polar surface area (TPSA) is 120 Å². The molecule has 4 rings (SSSR count). The fourth-order valence-corrected chi connectivity index (χ4v) is 4.13. The van der Waals surface area contributed by atoms with E-state index in [2.05, 4.69) is 25.8 Å². The zero-order valence-corrected chi connectivity index (χ0v) is 22.3. The molecule has 4 aromatic rings. The van der Waals surface area contributed by atoms with E-state index in [1.807, 2.05) is 57.4 Å². The molecule has 1 atom stereocenters. The number of unbranched alkanes of at least 4 members (excludes halogenated alkanes) is 2. The van der Waals surface area contributed by atoms with Crippen molar-refractivity contribution in [2.75, 3.05) is 7.05 Å². The Labute approximate surface area is 222 Å². The van der Waals surface area contributed by atoms with Crippen LogP contribution in [0.1, 0.15) is 74.3 Å². The Morgan fingerprint density at radius 3 is 2.45 bits per heavy atom. The molecule has 1 unspecified atom stereocenters. The van der Waals surface area contributed by atoms with E-state index in [0.717, 1.165) is 36.1 Å². The van der Waals surface area contributed by atoms with Crippen molar-refractivity contribution in [2.45, 2.75) is 58.0 Å². The van der Waals surface area contributed by atoms with Crippen LogP contribution >= 0.6 is 0 Å². The molecule has 2 N–H and O–H groups in total. The summed E-state index contributed by atoms with van der Waals surface area (Å²) in [5.74, 6) is 0.874. The zero-order chi connectivity index (χ0) is 27.1. The molecule has 2 amide bonds. The molecule has 1 aromatic carbocycles. The van der Waals surface area contributed by atoms with E-state index < -0.39 is 6.04 Å². The van der Waals surface area contributed by atoms with Crippen molar-refractivity contribution in [1.82, 2.24) is 35.2 Å². The summed E-state index contributed by atoms with van der Waals surface area (Å²) in [7, 11) is 3.53. The maximum Gasteiger partial charge on any atom is 0.255 e. The quantitative estimate of drug-likeness (QED) is 0.263. The van der Waals surface area contributed by atoms with E-state index in [1.165, 1.54) is 0 Å². The fraction of sp³-hybridized carbons (Fsp3) is 0.393. The number of benzene rings is 1. The van der Waals surface area contributed by atoms with Crippen LogP contribution in [0.3, 0.4) is 0 Å². The standard InChI is InChI=1S/C28H35N7O3/c1-19(2)35-18-22(16-31-35)27(37)32-24(8-6-5-7-9-26(36)29-3)28-30-17-25(38-28)21-12-10-20(11-13-21)23-14-15-34(4)33-23/h10-19,24H,5-9H2,1-4H3,(H,29,36)(H,32,37). The molecule has 0 radical (unpaired) electrons. The molecule has 0 aliphatic rings. The van der Waals surface area contributed by atoms with Crippen LogP contribution in [0.2, 0.25) is 0 Å². The maximum absolute atomic E-state index is 13.0. The normalized spacial score (nSPS) is 12.0. The summed E-state index contributed by atoms with van der Waals surface area (Å²) in [6, 6.07) is 9.66. The van der Waals surface area contributed by atoms with Crippen LogP contribution in [0.25, 0.3) is 22.6 Å². The van der Waals surface area contributed by atoms with Crippen LogP contribution in [-0.2, 0) is 11.8 Å². The first-order valence-electron chi connectivity index (χ1n) is 13.0. The van der Waals surface area contributed by atoms with Crippen molar-refractivity contribution < 1.29 is 14.0 Å². The monoisotopic (exact) mass is 517 g/mol. The maximum atomic E-state index is 13.0. The summed E-state index contributed by atoms with van der Waals surface area (Å²) in [5.41, 5.74) is 3.28. The number of amides is 2. The van der Waals surface area contributed by atoms with E-state index in [1.54, 1.807) is 35.0 Å². The number of carbonyl (C=O) groups is 2. The Balaban J connectivity index is 1.47. The highest BCUT2D eigenvalue weighted by atomic mass is 16.4. The molecule has 10 heteroatoms. The first-order valence-corrected chi connectivity index (χ1v) is 13.0. The molecule has 3 heterocycles. The van der Waals surface area contributed by atoms with Gasteiger partial charge in [0.1, 0.15) is 6.04 Å². The van der Waals surface area contributed by atoms with Gasteiger partial charge in [-0.3, -0.25) is 19.0 Å². The predicted molar refractivity (Wildman–Crippen MR) is 144 cm³/mol. The number of aryl methyl sites for hydroxylation is 1. The van der Waals surface area contributed by atoms with Crippen LogP contribution < -0.4 is 10.6 Å². The molecule has 0 saturated carbocycles. The predicted octanol–water partition coefficient (Wildman–Crippen LogP) is 4.69. The summed E-state index contributed by atoms with van der Waals surface area (Å²) in [6.07, 6.45) is 10.5. The summed E-state index contributed by atoms with van der Waals surface area (Å²) in [4.78, 5) is 29.1. The van der Waals surface area contributed by atoms with Crippen molar-refractivity contribution in [2.24, 2.45) is 7.05 Å². The molecule has 200 valence electrons. The molecule has 0 aliphatic heterocycles. The third-order valence-corrected chi connectivity index (χ3v) is 6.37. The molecule has 38 heavy (non-hydrogen) atoms. The summed E-state index contributed by atoms with van der Waals surface area (Å²) >= 11 is 0. The summed E-state index contributed by atoms with van der Waals surface area (Å²) in [6.45, 7) is 4.01. The minimum absolute atomic E-state index is 0.0309. The highest BCUT2D eigenvalue weighted by Crippen LogP contribution is 2.28. The van der Waals surface area contributed by atoms with Crippen molar-refractivity contribution in [3.8, 4) is 22.6 Å². The summed E-state index contributed by atoms with van der Waals surface area (Å²) < 4.78 is 9.67. The van der Waals surface area contributed by atoms with Gasteiger partial charge < -0.3 is 15.1 Å². The fourth-order valence-electron chi connectivity index (χ4n) is 4.13. The SMILES string of the molecule is CNC(=O)CCCCCC(NC(=O)c1cnn(C(C)C)c1)c1ncc(-c2ccc(-c3ccn(C)n3)cc2)o1. The number of oxazole rings is 1. The zero-order valence-electron chi connectivity index (χ0n) is 22.3. The second kappa shape index (κ2) is 12.4. The largest absolute Gasteiger partial charge is 0.438 e. The van der Waals surface area contributed by atoms with Crippen molar-refractivity contribution in [3.05, 3.63) is 66.6 Å². The van der Waals surface area contributed by atoms with E-state index in [-0.39, 0.29) is 17.9 Å². The number of rotatable bonds is 12. The van der Waals surface area contributed by atoms with E-state index in [9.17, 15) is 9.59 Å². The first kappa shape index (κ1) is 26.8. The van der Waals surface area contributed by atoms with Gasteiger partial charge in [0, 0.05) is 50.1 Å². The minimum atomic E-state index is -0.411. The van der Waals surface area contributed by atoms with Crippen LogP contribution in [0.4, 0.5) is 0 Å². The van der Waals surface area contributed by atoms with Gasteiger partial charge in [-0.15, -0.1) is 0 Å². The molecular formula is C28H35N7O3. The Kier molecular flexibility index (Phi) is 8.73. The molecule has 10 nitrogen and oxygen atoms in total. The summed E-state index contributed by atoms with van der Waals surface area (Å²) in [5, 5.41) is 14.4. The van der Waals surface area contributed by atoms with Crippen LogP contribution in [0.15, 0.2) is 59.5 Å². The van der Waals surface area contributed by atoms with E-state index in [0.29, 0.717) is 30.1 Å². The number of carbonyl (C=O) groups excluding carboxylic acids is 2. The van der Waals surface area contributed by atoms with Gasteiger partial charge in [0.2, 0.25) is 11.8 Å². The molecule has 0 fully saturated rings. The van der Waals surface area contributed by atoms with E-state index in [4.69, 9.17) is 4.42 Å². The Hall–Kier alpha value is -4.21. The van der Waals surface area contributed by atoms with Gasteiger partial charge in [0.25, 0.3) is 5.91 Å². The van der Waals surface area contributed by atoms with Crippen LogP contribution in [-0.4, -0.2) is 43.4 Å². The Bertz CT molecular complexity index is 1350. The van der Waals surface area contributed by atoms with Gasteiger partial charge in [0.05, 0.1) is 23.7 Å². The molecular weight excluding hydrogens is 482 g/mol. The van der Waals surface area contributed by atoms with Gasteiger partial charge in [0.15, 0.2) is 5.76 Å². The Morgan fingerprint density at radius 2 is 1.79 bits per heavy atom. The minimum Gasteiger partial charge on any atom is -0.438 e. The molecule has 0 spiro atoms. The van der Waals surface area contributed by atoms with Gasteiger partial charge in [-0.1, -0.05) is 37.1 Å². The third-order valence-electron chi connectivity index (χ3n) is 6.37. The second-order valence-corrected chi connectivity index (χ2v) is 9.62. The molecule has 3 aromatic heterocycles. The van der Waals surface area contributed by atoms with Gasteiger partial charge in [-0.2, -0.15) is 10.2 Å². The molecule has 0 bridgehead atoms. The van der Waals surface area contributed by atoms with Crippen molar-refractivity contribution >= 4 is 11.8 Å². The van der Waals surface area contributed by atoms with Gasteiger partial charge in [-0.25, -0.2) is 4.98 Å². The smallest absolute Gasteiger partial charge is 0.255 e. The average Bonchev–Trinajstić information content (AvgIpc) is 3.69. The molecule has 0 saturated heterocycles. The lowest BCUT2D eigenvalue weighted by Gasteiger charge is -2.15. The third kappa shape index (κ3) is 6.76. The first-order chi connectivity index (χ1) is 18.3. The lowest BCUT2D eigenvalue weighted by molar-refractivity contribution is -0.120. The number of aromatic nitrogens is 5. The van der Waals surface area contributed by atoms with Gasteiger partial charge in [-0.05, 0) is 32.8 Å². The second-order valence-electron chi connectivity index (χ2n) is 9.62. The van der Waals surface area contributed by atoms with Gasteiger partial charge >= 0.3 is 0 Å². The average molecular weight is 518 g/mol. The number of hydrogen-bond acceptors (Lipinski definition) is 6. The van der Waals surface area contributed by atoms with Crippen LogP contribution in [0, 0.1) is 0 Å². The lowest BCUT2D eigenvalue weighted by atomic mass is 10.1. The highest BCUT2D eigenvalue weighted by molar-refractivity contribution is 5.93. The van der Waals surface area contributed by atoms with E-state index >= 15 is 0 Å².